The summed E-state index contributed by atoms with van der Waals surface area (Å²) >= 11 is 0. The highest BCUT2D eigenvalue weighted by Gasteiger charge is 2.40. The Bertz CT molecular complexity index is 182. The maximum absolute atomic E-state index is 11.6. The molecule has 0 bridgehead atoms. The van der Waals surface area contributed by atoms with Gasteiger partial charge in [-0.15, -0.1) is 0 Å². The molecule has 14 heavy (non-hydrogen) atoms. The van der Waals surface area contributed by atoms with E-state index < -0.39 is 12.1 Å². The van der Waals surface area contributed by atoms with Crippen molar-refractivity contribution >= 4 is 5.97 Å². The first kappa shape index (κ1) is 13.2. The average Bonchev–Trinajstić information content (AvgIpc) is 2.02. The van der Waals surface area contributed by atoms with Crippen LogP contribution in [0.2, 0.25) is 0 Å². The minimum absolute atomic E-state index is 0.207. The van der Waals surface area contributed by atoms with E-state index >= 15 is 0 Å². The van der Waals surface area contributed by atoms with Gasteiger partial charge in [-0.25, -0.2) is 4.79 Å². The summed E-state index contributed by atoms with van der Waals surface area (Å²) in [6, 6.07) is -0.207. The standard InChI is InChI=1S/C8H14F3NO2/c1-2-3-6(12)4-5-14-7(13)8(9,10)11/h6H,2-5,12H2,1H3. The number of carbonyl (C=O) groups excluding carboxylic acids is 1. The molecule has 0 saturated carbocycles. The fourth-order valence-corrected chi connectivity index (χ4v) is 0.900. The van der Waals surface area contributed by atoms with Crippen molar-refractivity contribution in [2.45, 2.75) is 38.4 Å². The highest BCUT2D eigenvalue weighted by molar-refractivity contribution is 5.75. The molecule has 0 amide bonds. The molecule has 0 rings (SSSR count). The number of rotatable bonds is 5. The van der Waals surface area contributed by atoms with Gasteiger partial charge in [-0.1, -0.05) is 13.3 Å². The van der Waals surface area contributed by atoms with E-state index in [4.69, 9.17) is 5.73 Å². The second-order valence-corrected chi connectivity index (χ2v) is 2.97. The Balaban J connectivity index is 3.59. The van der Waals surface area contributed by atoms with Crippen LogP contribution in [0.1, 0.15) is 26.2 Å². The summed E-state index contributed by atoms with van der Waals surface area (Å²) in [6.45, 7) is 1.64. The summed E-state index contributed by atoms with van der Waals surface area (Å²) in [5, 5.41) is 0. The maximum atomic E-state index is 11.6. The third-order valence-electron chi connectivity index (χ3n) is 1.61. The van der Waals surface area contributed by atoms with Crippen molar-refractivity contribution < 1.29 is 22.7 Å². The van der Waals surface area contributed by atoms with E-state index in [9.17, 15) is 18.0 Å². The molecular formula is C8H14F3NO2. The van der Waals surface area contributed by atoms with E-state index in [0.717, 1.165) is 6.42 Å². The Morgan fingerprint density at radius 2 is 2.00 bits per heavy atom. The first-order valence-electron chi connectivity index (χ1n) is 4.37. The number of hydrogen-bond donors (Lipinski definition) is 1. The fraction of sp³-hybridized carbons (Fsp3) is 0.875. The SMILES string of the molecule is CCCC(N)CCOC(=O)C(F)(F)F. The lowest BCUT2D eigenvalue weighted by molar-refractivity contribution is -0.199. The Labute approximate surface area is 80.4 Å². The third-order valence-corrected chi connectivity index (χ3v) is 1.61. The van der Waals surface area contributed by atoms with Gasteiger partial charge in [0.1, 0.15) is 0 Å². The average molecular weight is 213 g/mol. The van der Waals surface area contributed by atoms with Gasteiger partial charge in [-0.2, -0.15) is 13.2 Å². The van der Waals surface area contributed by atoms with Gasteiger partial charge < -0.3 is 10.5 Å². The summed E-state index contributed by atoms with van der Waals surface area (Å²) in [5.41, 5.74) is 5.51. The molecule has 1 atom stereocenters. The minimum Gasteiger partial charge on any atom is -0.459 e. The van der Waals surface area contributed by atoms with Crippen LogP contribution in [-0.2, 0) is 9.53 Å². The number of alkyl halides is 3. The van der Waals surface area contributed by atoms with Crippen LogP contribution in [0.4, 0.5) is 13.2 Å². The molecule has 0 aliphatic carbocycles. The van der Waals surface area contributed by atoms with Crippen LogP contribution in [0, 0.1) is 0 Å². The zero-order valence-corrected chi connectivity index (χ0v) is 7.93. The molecular weight excluding hydrogens is 199 g/mol. The van der Waals surface area contributed by atoms with Crippen molar-refractivity contribution in [2.24, 2.45) is 5.73 Å². The molecule has 0 aromatic heterocycles. The smallest absolute Gasteiger partial charge is 0.459 e. The van der Waals surface area contributed by atoms with Crippen molar-refractivity contribution in [1.82, 2.24) is 0 Å². The van der Waals surface area contributed by atoms with Gasteiger partial charge in [0.2, 0.25) is 0 Å². The highest BCUT2D eigenvalue weighted by Crippen LogP contribution is 2.16. The summed E-state index contributed by atoms with van der Waals surface area (Å²) in [6.07, 6.45) is -3.08. The van der Waals surface area contributed by atoms with Crippen molar-refractivity contribution in [3.63, 3.8) is 0 Å². The van der Waals surface area contributed by atoms with Crippen LogP contribution in [-0.4, -0.2) is 24.8 Å². The normalized spacial score (nSPS) is 13.8. The topological polar surface area (TPSA) is 52.3 Å². The van der Waals surface area contributed by atoms with E-state index in [1.54, 1.807) is 0 Å². The molecule has 0 saturated heterocycles. The van der Waals surface area contributed by atoms with Crippen LogP contribution >= 0.6 is 0 Å². The number of ether oxygens (including phenoxy) is 1. The zero-order valence-electron chi connectivity index (χ0n) is 7.93. The lowest BCUT2D eigenvalue weighted by atomic mass is 10.1. The van der Waals surface area contributed by atoms with Crippen LogP contribution in [0.15, 0.2) is 0 Å². The highest BCUT2D eigenvalue weighted by atomic mass is 19.4. The molecule has 0 spiro atoms. The van der Waals surface area contributed by atoms with Gasteiger partial charge in [0.25, 0.3) is 0 Å². The summed E-state index contributed by atoms with van der Waals surface area (Å²) in [7, 11) is 0. The zero-order chi connectivity index (χ0) is 11.2. The predicted molar refractivity (Wildman–Crippen MR) is 44.5 cm³/mol. The van der Waals surface area contributed by atoms with E-state index in [2.05, 4.69) is 4.74 Å². The molecule has 0 aromatic carbocycles. The minimum atomic E-state index is -4.91. The monoisotopic (exact) mass is 213 g/mol. The number of hydrogen-bond acceptors (Lipinski definition) is 3. The van der Waals surface area contributed by atoms with Gasteiger partial charge in [0, 0.05) is 6.04 Å². The van der Waals surface area contributed by atoms with E-state index in [-0.39, 0.29) is 19.1 Å². The maximum Gasteiger partial charge on any atom is 0.490 e. The molecule has 0 radical (unpaired) electrons. The molecule has 0 aromatic rings. The molecule has 3 nitrogen and oxygen atoms in total. The molecule has 1 unspecified atom stereocenters. The van der Waals surface area contributed by atoms with Gasteiger partial charge >= 0.3 is 12.1 Å². The quantitative estimate of drug-likeness (QED) is 0.706. The molecule has 2 N–H and O–H groups in total. The van der Waals surface area contributed by atoms with Gasteiger partial charge in [-0.3, -0.25) is 0 Å². The number of esters is 1. The molecule has 0 aliphatic heterocycles. The number of nitrogens with two attached hydrogens (primary N) is 1. The van der Waals surface area contributed by atoms with Crippen LogP contribution in [0.3, 0.4) is 0 Å². The third kappa shape index (κ3) is 5.80. The number of carbonyl (C=O) groups is 1. The number of halogens is 3. The van der Waals surface area contributed by atoms with E-state index in [1.165, 1.54) is 0 Å². The van der Waals surface area contributed by atoms with Crippen molar-refractivity contribution in [3.05, 3.63) is 0 Å². The Morgan fingerprint density at radius 1 is 1.43 bits per heavy atom. The lowest BCUT2D eigenvalue weighted by Crippen LogP contribution is -2.28. The van der Waals surface area contributed by atoms with Crippen LogP contribution in [0.5, 0.6) is 0 Å². The van der Waals surface area contributed by atoms with Crippen molar-refractivity contribution in [1.29, 1.82) is 0 Å². The molecule has 0 fully saturated rings. The van der Waals surface area contributed by atoms with Gasteiger partial charge in [0.05, 0.1) is 6.61 Å². The summed E-state index contributed by atoms with van der Waals surface area (Å²) < 4.78 is 38.8. The fourth-order valence-electron chi connectivity index (χ4n) is 0.900. The van der Waals surface area contributed by atoms with E-state index in [1.807, 2.05) is 6.92 Å². The second kappa shape index (κ2) is 5.85. The van der Waals surface area contributed by atoms with Crippen molar-refractivity contribution in [2.75, 3.05) is 6.61 Å². The molecule has 0 aliphatic rings. The van der Waals surface area contributed by atoms with Gasteiger partial charge in [0.15, 0.2) is 0 Å². The Hall–Kier alpha value is -0.780. The Morgan fingerprint density at radius 3 is 2.43 bits per heavy atom. The van der Waals surface area contributed by atoms with E-state index in [0.29, 0.717) is 6.42 Å². The largest absolute Gasteiger partial charge is 0.490 e. The molecule has 0 heterocycles. The van der Waals surface area contributed by atoms with Crippen molar-refractivity contribution in [3.8, 4) is 0 Å². The van der Waals surface area contributed by atoms with Crippen LogP contribution < -0.4 is 5.73 Å². The molecule has 84 valence electrons. The predicted octanol–water partition coefficient (Wildman–Crippen LogP) is 1.61. The summed E-state index contributed by atoms with van der Waals surface area (Å²) in [5.74, 6) is -2.15. The van der Waals surface area contributed by atoms with Gasteiger partial charge in [-0.05, 0) is 12.8 Å². The second-order valence-electron chi connectivity index (χ2n) is 2.97. The molecule has 6 heteroatoms. The first-order valence-corrected chi connectivity index (χ1v) is 4.37. The van der Waals surface area contributed by atoms with Crippen LogP contribution in [0.25, 0.3) is 0 Å². The summed E-state index contributed by atoms with van der Waals surface area (Å²) in [4.78, 5) is 10.2. The Kier molecular flexibility index (Phi) is 5.52. The lowest BCUT2D eigenvalue weighted by Gasteiger charge is -2.11. The first-order chi connectivity index (χ1) is 6.38.